The third-order valence-electron chi connectivity index (χ3n) is 4.71. The van der Waals surface area contributed by atoms with Gasteiger partial charge >= 0.3 is 5.97 Å². The number of ether oxygens (including phenoxy) is 3. The Morgan fingerprint density at radius 2 is 2.07 bits per heavy atom. The fraction of sp³-hybridized carbons (Fsp3) is 0.364. The van der Waals surface area contributed by atoms with E-state index in [9.17, 15) is 4.79 Å². The van der Waals surface area contributed by atoms with Gasteiger partial charge in [-0.05, 0) is 63.3 Å². The summed E-state index contributed by atoms with van der Waals surface area (Å²) in [6, 6.07) is 10.7. The Bertz CT molecular complexity index is 964. The van der Waals surface area contributed by atoms with Crippen LogP contribution in [0.5, 0.6) is 11.5 Å². The van der Waals surface area contributed by atoms with E-state index >= 15 is 0 Å². The number of benzene rings is 2. The van der Waals surface area contributed by atoms with Crippen LogP contribution in [0.3, 0.4) is 0 Å². The molecule has 0 aliphatic carbocycles. The van der Waals surface area contributed by atoms with Gasteiger partial charge < -0.3 is 24.8 Å². The molecule has 0 saturated heterocycles. The zero-order valence-corrected chi connectivity index (χ0v) is 18.9. The summed E-state index contributed by atoms with van der Waals surface area (Å²) in [5.41, 5.74) is 1.64. The monoisotopic (exact) mass is 448 g/mol. The fourth-order valence-corrected chi connectivity index (χ4v) is 3.90. The Morgan fingerprint density at radius 1 is 1.30 bits per heavy atom. The molecule has 0 aromatic heterocycles. The smallest absolute Gasteiger partial charge is 0.339 e. The van der Waals surface area contributed by atoms with Crippen molar-refractivity contribution in [3.8, 4) is 11.5 Å². The van der Waals surface area contributed by atoms with E-state index in [4.69, 9.17) is 38.0 Å². The summed E-state index contributed by atoms with van der Waals surface area (Å²) < 4.78 is 16.4. The molecule has 0 amide bonds. The van der Waals surface area contributed by atoms with E-state index in [1.807, 2.05) is 32.0 Å². The number of rotatable bonds is 5. The Balaban J connectivity index is 1.73. The van der Waals surface area contributed by atoms with Crippen molar-refractivity contribution in [2.24, 2.45) is 0 Å². The molecule has 3 rings (SSSR count). The molecule has 0 spiro atoms. The van der Waals surface area contributed by atoms with Gasteiger partial charge in [-0.15, -0.1) is 0 Å². The number of methoxy groups -OCH3 is 1. The van der Waals surface area contributed by atoms with Gasteiger partial charge in [0.25, 0.3) is 0 Å². The van der Waals surface area contributed by atoms with Crippen LogP contribution in [0.15, 0.2) is 36.4 Å². The summed E-state index contributed by atoms with van der Waals surface area (Å²) in [5.74, 6) is 1.06. The number of hydrogen-bond donors (Lipinski definition) is 2. The molecule has 160 valence electrons. The zero-order valence-electron chi connectivity index (χ0n) is 17.4. The van der Waals surface area contributed by atoms with Gasteiger partial charge in [-0.1, -0.05) is 11.6 Å². The van der Waals surface area contributed by atoms with Gasteiger partial charge in [0, 0.05) is 23.7 Å². The van der Waals surface area contributed by atoms with Crippen LogP contribution in [0.2, 0.25) is 5.02 Å². The van der Waals surface area contributed by atoms with Crippen molar-refractivity contribution >= 4 is 40.6 Å². The van der Waals surface area contributed by atoms with Crippen LogP contribution in [-0.2, 0) is 4.74 Å². The van der Waals surface area contributed by atoms with Crippen LogP contribution in [0.1, 0.15) is 49.2 Å². The van der Waals surface area contributed by atoms with Crippen molar-refractivity contribution in [3.05, 3.63) is 52.5 Å². The number of carbonyl (C=O) groups is 1. The lowest BCUT2D eigenvalue weighted by Gasteiger charge is -2.38. The summed E-state index contributed by atoms with van der Waals surface area (Å²) in [6.45, 7) is 6.11. The third-order valence-corrected chi connectivity index (χ3v) is 5.24. The highest BCUT2D eigenvalue weighted by molar-refractivity contribution is 7.80. The highest BCUT2D eigenvalue weighted by Crippen LogP contribution is 2.41. The van der Waals surface area contributed by atoms with E-state index in [2.05, 4.69) is 10.6 Å². The first kappa shape index (κ1) is 22.2. The number of anilines is 1. The highest BCUT2D eigenvalue weighted by atomic mass is 35.5. The van der Waals surface area contributed by atoms with E-state index in [-0.39, 0.29) is 18.2 Å². The molecule has 30 heavy (non-hydrogen) atoms. The van der Waals surface area contributed by atoms with Crippen molar-refractivity contribution in [2.75, 3.05) is 19.0 Å². The third kappa shape index (κ3) is 5.15. The minimum atomic E-state index is -0.453. The lowest BCUT2D eigenvalue weighted by molar-refractivity contribution is 0.0526. The molecule has 1 atom stereocenters. The normalized spacial score (nSPS) is 16.6. The van der Waals surface area contributed by atoms with E-state index in [1.165, 1.54) is 0 Å². The number of nitrogens with one attached hydrogen (secondary N) is 2. The molecule has 1 heterocycles. The molecule has 8 heteroatoms. The molecule has 0 bridgehead atoms. The average molecular weight is 449 g/mol. The Kier molecular flexibility index (Phi) is 6.73. The van der Waals surface area contributed by atoms with Gasteiger partial charge in [-0.3, -0.25) is 0 Å². The molecule has 0 unspecified atom stereocenters. The van der Waals surface area contributed by atoms with Crippen LogP contribution >= 0.6 is 23.8 Å². The van der Waals surface area contributed by atoms with Gasteiger partial charge in [0.1, 0.15) is 17.1 Å². The second kappa shape index (κ2) is 9.10. The average Bonchev–Trinajstić information content (AvgIpc) is 2.66. The van der Waals surface area contributed by atoms with Crippen molar-refractivity contribution in [1.29, 1.82) is 0 Å². The van der Waals surface area contributed by atoms with Crippen molar-refractivity contribution in [3.63, 3.8) is 0 Å². The molecule has 0 saturated carbocycles. The molecule has 2 aromatic rings. The number of carbonyl (C=O) groups excluding carboxylic acids is 1. The number of fused-ring (bicyclic) bond motifs is 1. The maximum atomic E-state index is 11.9. The predicted octanol–water partition coefficient (Wildman–Crippen LogP) is 5.11. The van der Waals surface area contributed by atoms with Crippen molar-refractivity contribution in [2.45, 2.75) is 38.8 Å². The Labute approximate surface area is 186 Å². The zero-order chi connectivity index (χ0) is 21.9. The van der Waals surface area contributed by atoms with Gasteiger partial charge in [-0.2, -0.15) is 0 Å². The van der Waals surface area contributed by atoms with E-state index in [0.29, 0.717) is 21.4 Å². The van der Waals surface area contributed by atoms with E-state index < -0.39 is 5.97 Å². The summed E-state index contributed by atoms with van der Waals surface area (Å²) in [4.78, 5) is 11.9. The topological polar surface area (TPSA) is 68.8 Å². The van der Waals surface area contributed by atoms with Crippen LogP contribution < -0.4 is 20.1 Å². The number of hydrogen-bond acceptors (Lipinski definition) is 5. The molecule has 0 fully saturated rings. The van der Waals surface area contributed by atoms with Gasteiger partial charge in [0.2, 0.25) is 0 Å². The van der Waals surface area contributed by atoms with Crippen molar-refractivity contribution < 1.29 is 19.0 Å². The molecule has 2 aromatic carbocycles. The standard InChI is InChI=1S/C22H25ClN2O4S/c1-5-28-20(26)15-8-6-13(10-17(15)23)24-21(30)25-18-12-22(2,3)29-19-11-14(27-4)7-9-16(18)19/h6-11,18H,5,12H2,1-4H3,(H2,24,25,30)/t18-/m0/s1. The first-order chi connectivity index (χ1) is 14.2. The van der Waals surface area contributed by atoms with Gasteiger partial charge in [0.15, 0.2) is 5.11 Å². The number of halogens is 1. The second-order valence-electron chi connectivity index (χ2n) is 7.54. The van der Waals surface area contributed by atoms with Crippen LogP contribution in [0.25, 0.3) is 0 Å². The maximum absolute atomic E-state index is 11.9. The molecular formula is C22H25ClN2O4S. The van der Waals surface area contributed by atoms with Gasteiger partial charge in [0.05, 0.1) is 30.3 Å². The number of esters is 1. The fourth-order valence-electron chi connectivity index (χ4n) is 3.38. The minimum absolute atomic E-state index is 0.0380. The lowest BCUT2D eigenvalue weighted by atomic mass is 9.89. The molecular weight excluding hydrogens is 424 g/mol. The number of thiocarbonyl (C=S) groups is 1. The maximum Gasteiger partial charge on any atom is 0.339 e. The summed E-state index contributed by atoms with van der Waals surface area (Å²) >= 11 is 11.8. The Morgan fingerprint density at radius 3 is 2.73 bits per heavy atom. The Hall–Kier alpha value is -2.51. The molecule has 1 aliphatic heterocycles. The first-order valence-electron chi connectivity index (χ1n) is 9.63. The van der Waals surface area contributed by atoms with Crippen molar-refractivity contribution in [1.82, 2.24) is 5.32 Å². The summed E-state index contributed by atoms with van der Waals surface area (Å²) in [7, 11) is 1.63. The highest BCUT2D eigenvalue weighted by Gasteiger charge is 2.34. The van der Waals surface area contributed by atoms with E-state index in [1.54, 1.807) is 32.2 Å². The second-order valence-corrected chi connectivity index (χ2v) is 8.35. The molecule has 1 aliphatic rings. The van der Waals surface area contributed by atoms with Crippen LogP contribution in [-0.4, -0.2) is 30.4 Å². The molecule has 2 N–H and O–H groups in total. The lowest BCUT2D eigenvalue weighted by Crippen LogP contribution is -2.42. The van der Waals surface area contributed by atoms with Crippen LogP contribution in [0.4, 0.5) is 5.69 Å². The largest absolute Gasteiger partial charge is 0.497 e. The van der Waals surface area contributed by atoms with Crippen LogP contribution in [0, 0.1) is 0 Å². The predicted molar refractivity (Wildman–Crippen MR) is 122 cm³/mol. The molecule has 0 radical (unpaired) electrons. The van der Waals surface area contributed by atoms with Gasteiger partial charge in [-0.25, -0.2) is 4.79 Å². The quantitative estimate of drug-likeness (QED) is 0.486. The molecule has 6 nitrogen and oxygen atoms in total. The summed E-state index contributed by atoms with van der Waals surface area (Å²) in [6.07, 6.45) is 0.733. The SMILES string of the molecule is CCOC(=O)c1ccc(NC(=S)N[C@H]2CC(C)(C)Oc3cc(OC)ccc32)cc1Cl. The minimum Gasteiger partial charge on any atom is -0.497 e. The summed E-state index contributed by atoms with van der Waals surface area (Å²) in [5, 5.41) is 7.23. The van der Waals surface area contributed by atoms with E-state index in [0.717, 1.165) is 23.5 Å². The first-order valence-corrected chi connectivity index (χ1v) is 10.4.